The van der Waals surface area contributed by atoms with E-state index >= 15 is 0 Å². The maximum Gasteiger partial charge on any atom is 0.224 e. The Labute approximate surface area is 159 Å². The van der Waals surface area contributed by atoms with Gasteiger partial charge in [-0.15, -0.1) is 0 Å². The van der Waals surface area contributed by atoms with E-state index < -0.39 is 10.0 Å². The van der Waals surface area contributed by atoms with Gasteiger partial charge in [0.15, 0.2) is 0 Å². The molecule has 8 heteroatoms. The molecule has 1 fully saturated rings. The van der Waals surface area contributed by atoms with Crippen LogP contribution in [0.1, 0.15) is 35.7 Å². The number of aryl methyl sites for hydroxylation is 1. The summed E-state index contributed by atoms with van der Waals surface area (Å²) in [6.07, 6.45) is 2.85. The summed E-state index contributed by atoms with van der Waals surface area (Å²) >= 11 is 0. The van der Waals surface area contributed by atoms with Crippen LogP contribution in [0.3, 0.4) is 0 Å². The maximum absolute atomic E-state index is 12.4. The molecule has 144 valence electrons. The minimum absolute atomic E-state index is 0.0357. The van der Waals surface area contributed by atoms with Crippen LogP contribution in [-0.4, -0.2) is 41.2 Å². The SMILES string of the molecule is CS(=O)(=O)N1CCCn2nc(CNC(=O)[C@@H]3C[C@H]3c3ccccc3)cc2C1. The van der Waals surface area contributed by atoms with Gasteiger partial charge in [0.25, 0.3) is 0 Å². The average Bonchev–Trinajstić information content (AvgIpc) is 3.39. The van der Waals surface area contributed by atoms with Crippen molar-refractivity contribution in [2.45, 2.75) is 38.4 Å². The summed E-state index contributed by atoms with van der Waals surface area (Å²) in [4.78, 5) is 12.4. The second kappa shape index (κ2) is 7.09. The summed E-state index contributed by atoms with van der Waals surface area (Å²) in [5, 5.41) is 7.52. The number of benzene rings is 1. The molecule has 0 spiro atoms. The summed E-state index contributed by atoms with van der Waals surface area (Å²) in [5.41, 5.74) is 2.86. The number of sulfonamides is 1. The van der Waals surface area contributed by atoms with Gasteiger partial charge in [0.05, 0.1) is 30.7 Å². The van der Waals surface area contributed by atoms with Gasteiger partial charge >= 0.3 is 0 Å². The maximum atomic E-state index is 12.4. The van der Waals surface area contributed by atoms with Gasteiger partial charge in [-0.2, -0.15) is 9.40 Å². The predicted molar refractivity (Wildman–Crippen MR) is 101 cm³/mol. The Morgan fingerprint density at radius 3 is 2.78 bits per heavy atom. The number of aromatic nitrogens is 2. The third-order valence-electron chi connectivity index (χ3n) is 5.30. The molecule has 0 unspecified atom stereocenters. The van der Waals surface area contributed by atoms with Crippen molar-refractivity contribution in [2.24, 2.45) is 5.92 Å². The van der Waals surface area contributed by atoms with Crippen LogP contribution in [-0.2, 0) is 34.5 Å². The van der Waals surface area contributed by atoms with Gasteiger partial charge in [-0.3, -0.25) is 9.48 Å². The lowest BCUT2D eigenvalue weighted by Crippen LogP contribution is -2.29. The zero-order valence-electron chi connectivity index (χ0n) is 15.3. The molecule has 1 aliphatic heterocycles. The first-order valence-electron chi connectivity index (χ1n) is 9.25. The van der Waals surface area contributed by atoms with Crippen molar-refractivity contribution in [2.75, 3.05) is 12.8 Å². The van der Waals surface area contributed by atoms with E-state index in [2.05, 4.69) is 22.5 Å². The van der Waals surface area contributed by atoms with E-state index in [1.54, 1.807) is 0 Å². The van der Waals surface area contributed by atoms with E-state index in [0.29, 0.717) is 32.1 Å². The molecule has 1 N–H and O–H groups in total. The van der Waals surface area contributed by atoms with Gasteiger partial charge < -0.3 is 5.32 Å². The topological polar surface area (TPSA) is 84.3 Å². The fourth-order valence-electron chi connectivity index (χ4n) is 3.72. The van der Waals surface area contributed by atoms with E-state index in [1.165, 1.54) is 16.1 Å². The summed E-state index contributed by atoms with van der Waals surface area (Å²) < 4.78 is 27.0. The molecule has 27 heavy (non-hydrogen) atoms. The largest absolute Gasteiger partial charge is 0.350 e. The third-order valence-corrected chi connectivity index (χ3v) is 6.55. The number of hydrogen-bond donors (Lipinski definition) is 1. The molecular weight excluding hydrogens is 364 g/mol. The number of rotatable bonds is 5. The van der Waals surface area contributed by atoms with Crippen molar-refractivity contribution in [3.8, 4) is 0 Å². The standard InChI is InChI=1S/C19H24N4O3S/c1-27(25,26)22-8-5-9-23-16(13-22)10-15(21-23)12-20-19(24)18-11-17(18)14-6-3-2-4-7-14/h2-4,6-7,10,17-18H,5,8-9,11-13H2,1H3,(H,20,24)/t17-,18+/m0/s1. The van der Waals surface area contributed by atoms with Crippen molar-refractivity contribution >= 4 is 15.9 Å². The molecule has 1 aromatic heterocycles. The highest BCUT2D eigenvalue weighted by Crippen LogP contribution is 2.47. The van der Waals surface area contributed by atoms with Crippen LogP contribution in [0.25, 0.3) is 0 Å². The molecule has 7 nitrogen and oxygen atoms in total. The Kier molecular flexibility index (Phi) is 4.77. The third kappa shape index (κ3) is 4.06. The zero-order chi connectivity index (χ0) is 19.0. The highest BCUT2D eigenvalue weighted by Gasteiger charge is 2.43. The van der Waals surface area contributed by atoms with Crippen molar-refractivity contribution in [1.29, 1.82) is 0 Å². The van der Waals surface area contributed by atoms with Crippen LogP contribution < -0.4 is 5.32 Å². The normalized spacial score (nSPS) is 22.7. The Morgan fingerprint density at radius 1 is 1.26 bits per heavy atom. The van der Waals surface area contributed by atoms with Gasteiger partial charge in [0.2, 0.25) is 15.9 Å². The van der Waals surface area contributed by atoms with Gasteiger partial charge in [0.1, 0.15) is 0 Å². The first-order valence-corrected chi connectivity index (χ1v) is 11.1. The molecular formula is C19H24N4O3S. The minimum Gasteiger partial charge on any atom is -0.350 e. The molecule has 1 aliphatic carbocycles. The van der Waals surface area contributed by atoms with E-state index in [0.717, 1.165) is 24.2 Å². The Bertz CT molecular complexity index is 939. The van der Waals surface area contributed by atoms with Gasteiger partial charge in [-0.1, -0.05) is 30.3 Å². The number of nitrogens with one attached hydrogen (secondary N) is 1. The Hall–Kier alpha value is -2.19. The molecule has 0 saturated heterocycles. The number of carbonyl (C=O) groups excluding carboxylic acids is 1. The van der Waals surface area contributed by atoms with Crippen molar-refractivity contribution in [3.05, 3.63) is 53.3 Å². The van der Waals surface area contributed by atoms with Crippen LogP contribution in [0, 0.1) is 5.92 Å². The molecule has 2 aliphatic rings. The molecule has 0 bridgehead atoms. The molecule has 0 radical (unpaired) electrons. The van der Waals surface area contributed by atoms with Gasteiger partial charge in [0, 0.05) is 19.0 Å². The van der Waals surface area contributed by atoms with Crippen LogP contribution in [0.15, 0.2) is 36.4 Å². The molecule has 2 aromatic rings. The fourth-order valence-corrected chi connectivity index (χ4v) is 4.55. The monoisotopic (exact) mass is 388 g/mol. The molecule has 1 amide bonds. The second-order valence-electron chi connectivity index (χ2n) is 7.38. The van der Waals surface area contributed by atoms with Crippen LogP contribution >= 0.6 is 0 Å². The lowest BCUT2D eigenvalue weighted by molar-refractivity contribution is -0.122. The lowest BCUT2D eigenvalue weighted by Gasteiger charge is -2.16. The molecule has 2 heterocycles. The van der Waals surface area contributed by atoms with Crippen LogP contribution in [0.4, 0.5) is 0 Å². The molecule has 1 aromatic carbocycles. The quantitative estimate of drug-likeness (QED) is 0.841. The lowest BCUT2D eigenvalue weighted by atomic mass is 10.1. The summed E-state index contributed by atoms with van der Waals surface area (Å²) in [6.45, 7) is 1.90. The molecule has 4 rings (SSSR count). The first-order chi connectivity index (χ1) is 12.9. The van der Waals surface area contributed by atoms with Crippen LogP contribution in [0.2, 0.25) is 0 Å². The molecule has 2 atom stereocenters. The average molecular weight is 388 g/mol. The van der Waals surface area contributed by atoms with E-state index in [1.807, 2.05) is 28.9 Å². The summed E-state index contributed by atoms with van der Waals surface area (Å²) in [7, 11) is -3.22. The first kappa shape index (κ1) is 18.2. The van der Waals surface area contributed by atoms with Crippen molar-refractivity contribution in [3.63, 3.8) is 0 Å². The van der Waals surface area contributed by atoms with E-state index in [-0.39, 0.29) is 11.8 Å². The number of hydrogen-bond acceptors (Lipinski definition) is 4. The number of fused-ring (bicyclic) bond motifs is 1. The highest BCUT2D eigenvalue weighted by molar-refractivity contribution is 7.88. The Balaban J connectivity index is 1.36. The van der Waals surface area contributed by atoms with Crippen molar-refractivity contribution in [1.82, 2.24) is 19.4 Å². The van der Waals surface area contributed by atoms with Crippen molar-refractivity contribution < 1.29 is 13.2 Å². The summed E-state index contributed by atoms with van der Waals surface area (Å²) in [5.74, 6) is 0.409. The summed E-state index contributed by atoms with van der Waals surface area (Å²) in [6, 6.07) is 12.0. The Morgan fingerprint density at radius 2 is 2.04 bits per heavy atom. The smallest absolute Gasteiger partial charge is 0.224 e. The number of nitrogens with zero attached hydrogens (tertiary/aromatic N) is 3. The second-order valence-corrected chi connectivity index (χ2v) is 9.36. The number of amides is 1. The minimum atomic E-state index is -3.22. The van der Waals surface area contributed by atoms with Crippen LogP contribution in [0.5, 0.6) is 0 Å². The molecule has 1 saturated carbocycles. The zero-order valence-corrected chi connectivity index (χ0v) is 16.2. The van der Waals surface area contributed by atoms with E-state index in [9.17, 15) is 13.2 Å². The number of carbonyl (C=O) groups is 1. The van der Waals surface area contributed by atoms with E-state index in [4.69, 9.17) is 0 Å². The highest BCUT2D eigenvalue weighted by atomic mass is 32.2. The predicted octanol–water partition coefficient (Wildman–Crippen LogP) is 1.47. The van der Waals surface area contributed by atoms with Gasteiger partial charge in [-0.25, -0.2) is 8.42 Å². The van der Waals surface area contributed by atoms with Gasteiger partial charge in [-0.05, 0) is 30.4 Å². The fraction of sp³-hybridized carbons (Fsp3) is 0.474.